The van der Waals surface area contributed by atoms with Crippen LogP contribution in [0.4, 0.5) is 5.69 Å². The number of rotatable bonds is 7. The van der Waals surface area contributed by atoms with Crippen LogP contribution in [0, 0.1) is 13.8 Å². The van der Waals surface area contributed by atoms with Gasteiger partial charge in [0.15, 0.2) is 0 Å². The number of amides is 1. The van der Waals surface area contributed by atoms with E-state index in [1.807, 2.05) is 32.0 Å². The average Bonchev–Trinajstić information content (AvgIpc) is 2.55. The van der Waals surface area contributed by atoms with Crippen molar-refractivity contribution in [3.8, 4) is 0 Å². The zero-order valence-corrected chi connectivity index (χ0v) is 15.2. The number of sulfonamides is 1. The van der Waals surface area contributed by atoms with E-state index >= 15 is 0 Å². The predicted octanol–water partition coefficient (Wildman–Crippen LogP) is 1.72. The molecule has 2 aromatic rings. The molecule has 0 atom stereocenters. The van der Waals surface area contributed by atoms with Gasteiger partial charge in [-0.3, -0.25) is 4.79 Å². The fourth-order valence-corrected chi connectivity index (χ4v) is 2.99. The maximum atomic E-state index is 12.0. The van der Waals surface area contributed by atoms with Gasteiger partial charge in [-0.05, 0) is 55.6 Å². The summed E-state index contributed by atoms with van der Waals surface area (Å²) < 4.78 is 22.4. The van der Waals surface area contributed by atoms with Gasteiger partial charge in [-0.15, -0.1) is 0 Å². The summed E-state index contributed by atoms with van der Waals surface area (Å²) in [4.78, 5) is 12.1. The molecule has 7 heteroatoms. The monoisotopic (exact) mass is 361 g/mol. The number of benzene rings is 2. The minimum Gasteiger partial charge on any atom is -0.324 e. The van der Waals surface area contributed by atoms with E-state index < -0.39 is 10.0 Å². The van der Waals surface area contributed by atoms with E-state index in [2.05, 4.69) is 10.6 Å². The molecule has 134 valence electrons. The van der Waals surface area contributed by atoms with Crippen LogP contribution in [-0.4, -0.2) is 27.4 Å². The third kappa shape index (κ3) is 5.67. The highest BCUT2D eigenvalue weighted by Gasteiger charge is 2.08. The third-order valence-electron chi connectivity index (χ3n) is 3.87. The first-order chi connectivity index (χ1) is 11.8. The maximum Gasteiger partial charge on any atom is 0.238 e. The Hall–Kier alpha value is -2.22. The Labute approximate surface area is 148 Å². The smallest absolute Gasteiger partial charge is 0.238 e. The lowest BCUT2D eigenvalue weighted by Crippen LogP contribution is -2.30. The topological polar surface area (TPSA) is 101 Å². The number of anilines is 1. The molecular formula is C18H23N3O3S. The minimum absolute atomic E-state index is 0.0946. The van der Waals surface area contributed by atoms with Gasteiger partial charge >= 0.3 is 0 Å². The predicted molar refractivity (Wildman–Crippen MR) is 98.9 cm³/mol. The van der Waals surface area contributed by atoms with Gasteiger partial charge in [0.2, 0.25) is 15.9 Å². The molecule has 0 radical (unpaired) electrons. The molecule has 0 aliphatic rings. The Bertz CT molecular complexity index is 826. The first-order valence-corrected chi connectivity index (χ1v) is 9.50. The maximum absolute atomic E-state index is 12.0. The standard InChI is InChI=1S/C18H23N3O3S/c1-13-4-3-5-14(2)18(13)21-17(22)12-20-11-10-15-6-8-16(9-7-15)25(19,23)24/h3-9,20H,10-12H2,1-2H3,(H,21,22)(H2,19,23,24). The van der Waals surface area contributed by atoms with Crippen LogP contribution in [0.1, 0.15) is 16.7 Å². The minimum atomic E-state index is -3.66. The Morgan fingerprint density at radius 3 is 2.20 bits per heavy atom. The van der Waals surface area contributed by atoms with Gasteiger partial charge in [-0.1, -0.05) is 30.3 Å². The van der Waals surface area contributed by atoms with Crippen LogP contribution in [0.3, 0.4) is 0 Å². The van der Waals surface area contributed by atoms with Gasteiger partial charge in [0.25, 0.3) is 0 Å². The second-order valence-electron chi connectivity index (χ2n) is 5.93. The molecule has 25 heavy (non-hydrogen) atoms. The van der Waals surface area contributed by atoms with E-state index in [4.69, 9.17) is 5.14 Å². The van der Waals surface area contributed by atoms with Crippen molar-refractivity contribution in [1.29, 1.82) is 0 Å². The SMILES string of the molecule is Cc1cccc(C)c1NC(=O)CNCCc1ccc(S(N)(=O)=O)cc1. The van der Waals surface area contributed by atoms with Crippen molar-refractivity contribution in [2.75, 3.05) is 18.4 Å². The fourth-order valence-electron chi connectivity index (χ4n) is 2.48. The van der Waals surface area contributed by atoms with Crippen LogP contribution < -0.4 is 15.8 Å². The van der Waals surface area contributed by atoms with Gasteiger partial charge in [0.1, 0.15) is 0 Å². The van der Waals surface area contributed by atoms with Gasteiger partial charge in [-0.25, -0.2) is 13.6 Å². The number of primary sulfonamides is 1. The molecule has 1 amide bonds. The van der Waals surface area contributed by atoms with Crippen molar-refractivity contribution in [2.24, 2.45) is 5.14 Å². The van der Waals surface area contributed by atoms with Crippen LogP contribution in [-0.2, 0) is 21.2 Å². The fraction of sp³-hybridized carbons (Fsp3) is 0.278. The summed E-state index contributed by atoms with van der Waals surface area (Å²) in [5.74, 6) is -0.0954. The van der Waals surface area contributed by atoms with Crippen molar-refractivity contribution in [2.45, 2.75) is 25.2 Å². The lowest BCUT2D eigenvalue weighted by atomic mass is 10.1. The zero-order chi connectivity index (χ0) is 18.4. The Balaban J connectivity index is 1.78. The number of aryl methyl sites for hydroxylation is 2. The van der Waals surface area contributed by atoms with Crippen molar-refractivity contribution < 1.29 is 13.2 Å². The second kappa shape index (κ2) is 8.24. The number of nitrogens with two attached hydrogens (primary N) is 1. The number of carbonyl (C=O) groups excluding carboxylic acids is 1. The molecule has 0 bridgehead atoms. The summed E-state index contributed by atoms with van der Waals surface area (Å²) in [5.41, 5.74) is 3.88. The number of hydrogen-bond acceptors (Lipinski definition) is 4. The molecular weight excluding hydrogens is 338 g/mol. The highest BCUT2D eigenvalue weighted by Crippen LogP contribution is 2.19. The molecule has 2 aromatic carbocycles. The Kier molecular flexibility index (Phi) is 6.30. The van der Waals surface area contributed by atoms with Gasteiger partial charge in [0.05, 0.1) is 11.4 Å². The van der Waals surface area contributed by atoms with E-state index in [9.17, 15) is 13.2 Å². The summed E-state index contributed by atoms with van der Waals surface area (Å²) in [6, 6.07) is 12.3. The average molecular weight is 361 g/mol. The molecule has 0 unspecified atom stereocenters. The number of hydrogen-bond donors (Lipinski definition) is 3. The summed E-state index contributed by atoms with van der Waals surface area (Å²) in [6.07, 6.45) is 0.682. The summed E-state index contributed by atoms with van der Waals surface area (Å²) in [6.45, 7) is 4.74. The lowest BCUT2D eigenvalue weighted by molar-refractivity contribution is -0.115. The van der Waals surface area contributed by atoms with E-state index in [-0.39, 0.29) is 17.3 Å². The first-order valence-electron chi connectivity index (χ1n) is 7.96. The van der Waals surface area contributed by atoms with Crippen molar-refractivity contribution in [3.05, 3.63) is 59.2 Å². The molecule has 0 aromatic heterocycles. The van der Waals surface area contributed by atoms with E-state index in [0.29, 0.717) is 13.0 Å². The Morgan fingerprint density at radius 1 is 1.04 bits per heavy atom. The molecule has 0 heterocycles. The van der Waals surface area contributed by atoms with E-state index in [1.54, 1.807) is 12.1 Å². The molecule has 0 saturated heterocycles. The second-order valence-corrected chi connectivity index (χ2v) is 7.49. The van der Waals surface area contributed by atoms with Crippen molar-refractivity contribution in [1.82, 2.24) is 5.32 Å². The van der Waals surface area contributed by atoms with Crippen LogP contribution in [0.5, 0.6) is 0 Å². The summed E-state index contributed by atoms with van der Waals surface area (Å²) in [5, 5.41) is 11.1. The lowest BCUT2D eigenvalue weighted by Gasteiger charge is -2.12. The quantitative estimate of drug-likeness (QED) is 0.654. The molecule has 6 nitrogen and oxygen atoms in total. The zero-order valence-electron chi connectivity index (χ0n) is 14.4. The van der Waals surface area contributed by atoms with Crippen molar-refractivity contribution in [3.63, 3.8) is 0 Å². The molecule has 0 saturated carbocycles. The molecule has 0 fully saturated rings. The van der Waals surface area contributed by atoms with Gasteiger partial charge in [0, 0.05) is 5.69 Å². The highest BCUT2D eigenvalue weighted by molar-refractivity contribution is 7.89. The summed E-state index contributed by atoms with van der Waals surface area (Å²) in [7, 11) is -3.66. The van der Waals surface area contributed by atoms with E-state index in [1.165, 1.54) is 12.1 Å². The Morgan fingerprint density at radius 2 is 1.64 bits per heavy atom. The molecule has 0 aliphatic carbocycles. The highest BCUT2D eigenvalue weighted by atomic mass is 32.2. The molecule has 0 spiro atoms. The normalized spacial score (nSPS) is 11.3. The summed E-state index contributed by atoms with van der Waals surface area (Å²) >= 11 is 0. The van der Waals surface area contributed by atoms with Crippen LogP contribution in [0.2, 0.25) is 0 Å². The van der Waals surface area contributed by atoms with Crippen LogP contribution in [0.25, 0.3) is 0 Å². The molecule has 0 aliphatic heterocycles. The van der Waals surface area contributed by atoms with Crippen LogP contribution >= 0.6 is 0 Å². The van der Waals surface area contributed by atoms with Crippen molar-refractivity contribution >= 4 is 21.6 Å². The number of para-hydroxylation sites is 1. The molecule has 4 N–H and O–H groups in total. The van der Waals surface area contributed by atoms with Crippen LogP contribution in [0.15, 0.2) is 47.4 Å². The number of carbonyl (C=O) groups is 1. The number of nitrogens with one attached hydrogen (secondary N) is 2. The third-order valence-corrected chi connectivity index (χ3v) is 4.80. The largest absolute Gasteiger partial charge is 0.324 e. The first kappa shape index (κ1) is 19.1. The molecule has 2 rings (SSSR count). The van der Waals surface area contributed by atoms with Gasteiger partial charge in [-0.2, -0.15) is 0 Å². The van der Waals surface area contributed by atoms with E-state index in [0.717, 1.165) is 22.4 Å². The van der Waals surface area contributed by atoms with Gasteiger partial charge < -0.3 is 10.6 Å².